The van der Waals surface area contributed by atoms with E-state index >= 15 is 0 Å². The van der Waals surface area contributed by atoms with Crippen LogP contribution in [0.1, 0.15) is 31.4 Å². The van der Waals surface area contributed by atoms with Gasteiger partial charge in [0.15, 0.2) is 0 Å². The zero-order valence-electron chi connectivity index (χ0n) is 18.0. The van der Waals surface area contributed by atoms with Crippen LogP contribution >= 0.6 is 24.0 Å². The van der Waals surface area contributed by atoms with Crippen LogP contribution in [0.2, 0.25) is 0 Å². The van der Waals surface area contributed by atoms with Gasteiger partial charge in [0.1, 0.15) is 15.8 Å². The molecule has 8 heteroatoms. The topological polar surface area (TPSA) is 57.9 Å². The van der Waals surface area contributed by atoms with Crippen LogP contribution in [0, 0.1) is 18.8 Å². The molecule has 2 aliphatic heterocycles. The van der Waals surface area contributed by atoms with Crippen molar-refractivity contribution in [3.05, 3.63) is 57.4 Å². The molecule has 2 atom stereocenters. The number of carbonyl (C=O) groups excluding carboxylic acids is 1. The summed E-state index contributed by atoms with van der Waals surface area (Å²) in [4.78, 5) is 35.5. The summed E-state index contributed by atoms with van der Waals surface area (Å²) < 4.78 is 2.04. The highest BCUT2D eigenvalue weighted by molar-refractivity contribution is 8.26. The number of carbonyl (C=O) groups is 1. The molecule has 2 aromatic heterocycles. The van der Waals surface area contributed by atoms with E-state index in [0.717, 1.165) is 25.1 Å². The number of thioether (sulfide) groups is 1. The van der Waals surface area contributed by atoms with E-state index in [4.69, 9.17) is 17.2 Å². The van der Waals surface area contributed by atoms with Crippen LogP contribution in [0.5, 0.6) is 0 Å². The van der Waals surface area contributed by atoms with Gasteiger partial charge >= 0.3 is 0 Å². The number of pyridine rings is 1. The van der Waals surface area contributed by atoms with Crippen molar-refractivity contribution in [1.29, 1.82) is 0 Å². The van der Waals surface area contributed by atoms with Crippen molar-refractivity contribution in [3.63, 3.8) is 0 Å². The highest BCUT2D eigenvalue weighted by atomic mass is 32.2. The molecule has 2 fully saturated rings. The molecule has 0 saturated carbocycles. The summed E-state index contributed by atoms with van der Waals surface area (Å²) >= 11 is 6.58. The number of thiocarbonyl (C=S) groups is 1. The molecule has 0 radical (unpaired) electrons. The Kier molecular flexibility index (Phi) is 6.03. The number of aromatic nitrogens is 2. The molecule has 0 bridgehead atoms. The summed E-state index contributed by atoms with van der Waals surface area (Å²) in [6, 6.07) is 3.79. The first kappa shape index (κ1) is 21.8. The maximum Gasteiger partial charge on any atom is 0.267 e. The Morgan fingerprint density at radius 3 is 2.68 bits per heavy atom. The van der Waals surface area contributed by atoms with E-state index in [-0.39, 0.29) is 11.5 Å². The molecule has 2 unspecified atom stereocenters. The van der Waals surface area contributed by atoms with Crippen molar-refractivity contribution in [2.24, 2.45) is 11.8 Å². The van der Waals surface area contributed by atoms with Gasteiger partial charge in [-0.25, -0.2) is 4.98 Å². The zero-order chi connectivity index (χ0) is 22.3. The number of fused-ring (bicyclic) bond motifs is 1. The van der Waals surface area contributed by atoms with Crippen LogP contribution in [0.3, 0.4) is 0 Å². The van der Waals surface area contributed by atoms with Gasteiger partial charge in [-0.15, -0.1) is 6.58 Å². The van der Waals surface area contributed by atoms with E-state index in [9.17, 15) is 9.59 Å². The minimum atomic E-state index is -0.199. The Morgan fingerprint density at radius 2 is 2.00 bits per heavy atom. The number of nitrogens with zero attached hydrogens (tertiary/aromatic N) is 4. The lowest BCUT2D eigenvalue weighted by Gasteiger charge is -2.36. The summed E-state index contributed by atoms with van der Waals surface area (Å²) in [5.74, 6) is 1.45. The average molecular weight is 455 g/mol. The first-order valence-electron chi connectivity index (χ1n) is 10.4. The second-order valence-corrected chi connectivity index (χ2v) is 10.1. The summed E-state index contributed by atoms with van der Waals surface area (Å²) in [5.41, 5.74) is 1.83. The molecule has 2 aromatic rings. The lowest BCUT2D eigenvalue weighted by Crippen LogP contribution is -2.40. The summed E-state index contributed by atoms with van der Waals surface area (Å²) in [6.45, 7) is 12.1. The minimum absolute atomic E-state index is 0.177. The van der Waals surface area contributed by atoms with Crippen LogP contribution in [-0.4, -0.2) is 44.1 Å². The highest BCUT2D eigenvalue weighted by Crippen LogP contribution is 2.34. The highest BCUT2D eigenvalue weighted by Gasteiger charge is 2.33. The Labute approximate surface area is 191 Å². The van der Waals surface area contributed by atoms with Gasteiger partial charge in [-0.2, -0.15) is 0 Å². The Bertz CT molecular complexity index is 1160. The maximum absolute atomic E-state index is 13.6. The lowest BCUT2D eigenvalue weighted by atomic mass is 9.91. The largest absolute Gasteiger partial charge is 0.355 e. The van der Waals surface area contributed by atoms with E-state index in [1.165, 1.54) is 16.7 Å². The normalized spacial score (nSPS) is 23.3. The van der Waals surface area contributed by atoms with Crippen molar-refractivity contribution in [3.8, 4) is 0 Å². The van der Waals surface area contributed by atoms with Gasteiger partial charge in [0.05, 0.1) is 10.5 Å². The number of anilines is 1. The first-order valence-corrected chi connectivity index (χ1v) is 11.7. The van der Waals surface area contributed by atoms with E-state index in [1.54, 1.807) is 22.7 Å². The number of hydrogen-bond acceptors (Lipinski definition) is 6. The van der Waals surface area contributed by atoms with Crippen LogP contribution in [-0.2, 0) is 4.79 Å². The molecule has 0 N–H and O–H groups in total. The van der Waals surface area contributed by atoms with Crippen LogP contribution in [0.15, 0.2) is 40.7 Å². The zero-order valence-corrected chi connectivity index (χ0v) is 19.6. The molecule has 162 valence electrons. The molecule has 0 aliphatic carbocycles. The number of amides is 1. The Morgan fingerprint density at radius 1 is 1.29 bits per heavy atom. The summed E-state index contributed by atoms with van der Waals surface area (Å²) in [7, 11) is 0. The van der Waals surface area contributed by atoms with Crippen molar-refractivity contribution in [1.82, 2.24) is 14.3 Å². The molecule has 1 amide bonds. The quantitative estimate of drug-likeness (QED) is 0.397. The van der Waals surface area contributed by atoms with Gasteiger partial charge in [0.2, 0.25) is 0 Å². The molecule has 2 saturated heterocycles. The fraction of sp³-hybridized carbons (Fsp3) is 0.391. The predicted octanol–water partition coefficient (Wildman–Crippen LogP) is 3.87. The van der Waals surface area contributed by atoms with Gasteiger partial charge in [0, 0.05) is 25.8 Å². The fourth-order valence-electron chi connectivity index (χ4n) is 4.42. The Balaban J connectivity index is 1.90. The molecule has 0 spiro atoms. The van der Waals surface area contributed by atoms with E-state index in [2.05, 4.69) is 25.3 Å². The fourth-order valence-corrected chi connectivity index (χ4v) is 5.68. The standard InChI is InChI=1S/C23H26N4O2S2/c1-5-8-27-22(29)18(31-23(27)30)11-17-20(25-12-14(2)10-15(3)13-25)24-19-16(4)7-6-9-26(19)21(17)28/h5-7,9,11,14-15H,1,8,10,12-13H2,2-4H3/b18-11+. The minimum Gasteiger partial charge on any atom is -0.355 e. The SMILES string of the molecule is C=CCN1C(=O)/C(=C\c2c(N3CC(C)CC(C)C3)nc3c(C)cccn3c2=O)SC1=S. The second kappa shape index (κ2) is 8.59. The van der Waals surface area contributed by atoms with E-state index < -0.39 is 0 Å². The molecule has 2 aliphatic rings. The molecule has 4 rings (SSSR count). The monoisotopic (exact) mass is 454 g/mol. The first-order chi connectivity index (χ1) is 14.8. The van der Waals surface area contributed by atoms with Gasteiger partial charge in [-0.3, -0.25) is 18.9 Å². The average Bonchev–Trinajstić information content (AvgIpc) is 2.97. The van der Waals surface area contributed by atoms with E-state index in [0.29, 0.717) is 44.6 Å². The van der Waals surface area contributed by atoms with Crippen molar-refractivity contribution < 1.29 is 4.79 Å². The number of aryl methyl sites for hydroxylation is 1. The summed E-state index contributed by atoms with van der Waals surface area (Å²) in [6.07, 6.45) is 6.19. The third kappa shape index (κ3) is 4.06. The lowest BCUT2D eigenvalue weighted by molar-refractivity contribution is -0.121. The maximum atomic E-state index is 13.6. The van der Waals surface area contributed by atoms with Gasteiger partial charge in [-0.1, -0.05) is 50.0 Å². The van der Waals surface area contributed by atoms with Crippen LogP contribution < -0.4 is 10.5 Å². The van der Waals surface area contributed by atoms with Gasteiger partial charge < -0.3 is 4.90 Å². The third-order valence-electron chi connectivity index (χ3n) is 5.69. The smallest absolute Gasteiger partial charge is 0.267 e. The molecular weight excluding hydrogens is 428 g/mol. The van der Waals surface area contributed by atoms with E-state index in [1.807, 2.05) is 19.1 Å². The van der Waals surface area contributed by atoms with Gasteiger partial charge in [0.25, 0.3) is 11.5 Å². The van der Waals surface area contributed by atoms with Crippen molar-refractivity contribution >= 4 is 51.7 Å². The second-order valence-electron chi connectivity index (χ2n) is 8.47. The van der Waals surface area contributed by atoms with Crippen molar-refractivity contribution in [2.75, 3.05) is 24.5 Å². The third-order valence-corrected chi connectivity index (χ3v) is 7.07. The molecule has 31 heavy (non-hydrogen) atoms. The molecule has 0 aromatic carbocycles. The molecule has 4 heterocycles. The summed E-state index contributed by atoms with van der Waals surface area (Å²) in [5, 5.41) is 0. The predicted molar refractivity (Wildman–Crippen MR) is 131 cm³/mol. The molecular formula is C23H26N4O2S2. The number of rotatable bonds is 4. The number of piperidine rings is 1. The number of hydrogen-bond donors (Lipinski definition) is 0. The Hall–Kier alpha value is -2.45. The molecule has 6 nitrogen and oxygen atoms in total. The van der Waals surface area contributed by atoms with Gasteiger partial charge in [-0.05, 0) is 42.9 Å². The van der Waals surface area contributed by atoms with Crippen molar-refractivity contribution in [2.45, 2.75) is 27.2 Å². The van der Waals surface area contributed by atoms with Crippen LogP contribution in [0.25, 0.3) is 11.7 Å². The van der Waals surface area contributed by atoms with Crippen LogP contribution in [0.4, 0.5) is 5.82 Å².